The molecule has 1 aliphatic heterocycles. The third-order valence-electron chi connectivity index (χ3n) is 5.30. The molecule has 164 valence electrons. The summed E-state index contributed by atoms with van der Waals surface area (Å²) in [5, 5.41) is 13.6. The quantitative estimate of drug-likeness (QED) is 0.388. The van der Waals surface area contributed by atoms with Crippen molar-refractivity contribution >= 4 is 33.5 Å². The van der Waals surface area contributed by atoms with E-state index in [1.165, 1.54) is 32.7 Å². The Morgan fingerprint density at radius 1 is 1.19 bits per heavy atom. The first kappa shape index (κ1) is 23.7. The molecule has 0 aromatic heterocycles. The van der Waals surface area contributed by atoms with Crippen LogP contribution in [0.15, 0.2) is 58.9 Å². The number of phenolic OH excluding ortho intramolecular Hbond substituents is 1. The molecule has 0 atom stereocenters. The molecule has 3 rings (SSSR count). The van der Waals surface area contributed by atoms with E-state index >= 15 is 0 Å². The van der Waals surface area contributed by atoms with Crippen LogP contribution in [0.3, 0.4) is 0 Å². The summed E-state index contributed by atoms with van der Waals surface area (Å²) in [6, 6.07) is 12.5. The average molecular weight is 454 g/mol. The summed E-state index contributed by atoms with van der Waals surface area (Å²) in [7, 11) is 0. The molecule has 2 N–H and O–H groups in total. The summed E-state index contributed by atoms with van der Waals surface area (Å²) in [4.78, 5) is 15.2. The van der Waals surface area contributed by atoms with Crippen LogP contribution in [0.25, 0.3) is 4.91 Å². The number of phenols is 1. The van der Waals surface area contributed by atoms with Crippen molar-refractivity contribution in [2.24, 2.45) is 0 Å². The standard InChI is InChI=1S/C26H31NO2S2/c1-4-6-18(3)30-24(5-2)20-9-7-19(8-10-20)13-15-27-16-14-21-11-12-23(28)22-17-25(29)31-26(21)22/h5,7-12,27-28H,3-4,6,13-17H2,1-2H3/b24-5-. The minimum absolute atomic E-state index is 0.114. The fraction of sp³-hybridized carbons (Fsp3) is 0.346. The van der Waals surface area contributed by atoms with Gasteiger partial charge in [0.25, 0.3) is 0 Å². The molecular weight excluding hydrogens is 422 g/mol. The fourth-order valence-corrected chi connectivity index (χ4v) is 5.68. The van der Waals surface area contributed by atoms with Gasteiger partial charge in [0.15, 0.2) is 5.12 Å². The SMILES string of the molecule is C=C(CCC)S/C(=C\C)c1ccc(CCNCCc2ccc(O)c3c2SC(=O)C3)cc1. The number of allylic oxidation sites excluding steroid dienone is 2. The molecule has 0 aliphatic carbocycles. The Morgan fingerprint density at radius 2 is 1.94 bits per heavy atom. The molecule has 0 radical (unpaired) electrons. The van der Waals surface area contributed by atoms with Crippen molar-refractivity contribution in [1.82, 2.24) is 5.32 Å². The first-order valence-corrected chi connectivity index (χ1v) is 12.5. The number of hydrogen-bond donors (Lipinski definition) is 2. The van der Waals surface area contributed by atoms with Crippen LogP contribution in [0.4, 0.5) is 0 Å². The van der Waals surface area contributed by atoms with E-state index in [1.54, 1.807) is 17.8 Å². The molecule has 31 heavy (non-hydrogen) atoms. The maximum absolute atomic E-state index is 11.7. The van der Waals surface area contributed by atoms with Gasteiger partial charge in [-0.05, 0) is 66.9 Å². The monoisotopic (exact) mass is 453 g/mol. The lowest BCUT2D eigenvalue weighted by Gasteiger charge is -2.11. The van der Waals surface area contributed by atoms with Gasteiger partial charge in [-0.2, -0.15) is 0 Å². The smallest absolute Gasteiger partial charge is 0.198 e. The van der Waals surface area contributed by atoms with E-state index in [1.807, 2.05) is 6.07 Å². The Balaban J connectivity index is 1.45. The number of thioether (sulfide) groups is 2. The molecule has 3 nitrogen and oxygen atoms in total. The Morgan fingerprint density at radius 3 is 2.65 bits per heavy atom. The predicted molar refractivity (Wildman–Crippen MR) is 135 cm³/mol. The Hall–Kier alpha value is -1.95. The van der Waals surface area contributed by atoms with Gasteiger partial charge in [0.1, 0.15) is 5.75 Å². The van der Waals surface area contributed by atoms with Crippen LogP contribution in [0.5, 0.6) is 5.75 Å². The Bertz CT molecular complexity index is 964. The summed E-state index contributed by atoms with van der Waals surface area (Å²) >= 11 is 3.04. The van der Waals surface area contributed by atoms with Gasteiger partial charge in [-0.25, -0.2) is 0 Å². The molecule has 5 heteroatoms. The normalized spacial score (nSPS) is 13.5. The van der Waals surface area contributed by atoms with E-state index in [9.17, 15) is 9.90 Å². The zero-order valence-corrected chi connectivity index (χ0v) is 20.0. The highest BCUT2D eigenvalue weighted by Gasteiger charge is 2.25. The van der Waals surface area contributed by atoms with E-state index in [0.717, 1.165) is 54.8 Å². The maximum Gasteiger partial charge on any atom is 0.198 e. The van der Waals surface area contributed by atoms with Crippen molar-refractivity contribution in [3.05, 3.63) is 76.2 Å². The number of hydrogen-bond acceptors (Lipinski definition) is 5. The molecule has 1 heterocycles. The average Bonchev–Trinajstić information content (AvgIpc) is 3.16. The minimum Gasteiger partial charge on any atom is -0.508 e. The van der Waals surface area contributed by atoms with Crippen molar-refractivity contribution in [3.63, 3.8) is 0 Å². The molecule has 0 unspecified atom stereocenters. The first-order valence-electron chi connectivity index (χ1n) is 10.9. The van der Waals surface area contributed by atoms with Crippen molar-refractivity contribution in [3.8, 4) is 5.75 Å². The summed E-state index contributed by atoms with van der Waals surface area (Å²) in [5.74, 6) is 0.239. The number of rotatable bonds is 11. The second-order valence-electron chi connectivity index (χ2n) is 7.69. The van der Waals surface area contributed by atoms with Crippen molar-refractivity contribution < 1.29 is 9.90 Å². The van der Waals surface area contributed by atoms with Crippen molar-refractivity contribution in [2.45, 2.75) is 50.8 Å². The minimum atomic E-state index is 0.114. The summed E-state index contributed by atoms with van der Waals surface area (Å²) < 4.78 is 0. The number of carbonyl (C=O) groups is 1. The number of aromatic hydroxyl groups is 1. The van der Waals surface area contributed by atoms with Crippen LogP contribution in [0.1, 0.15) is 48.9 Å². The van der Waals surface area contributed by atoms with E-state index in [-0.39, 0.29) is 10.9 Å². The highest BCUT2D eigenvalue weighted by atomic mass is 32.2. The van der Waals surface area contributed by atoms with Crippen LogP contribution in [0.2, 0.25) is 0 Å². The maximum atomic E-state index is 11.7. The molecule has 2 aromatic carbocycles. The molecule has 2 aromatic rings. The molecule has 0 saturated carbocycles. The van der Waals surface area contributed by atoms with Crippen LogP contribution >= 0.6 is 23.5 Å². The third-order valence-corrected chi connectivity index (χ3v) is 7.57. The fourth-order valence-electron chi connectivity index (χ4n) is 3.64. The lowest BCUT2D eigenvalue weighted by Crippen LogP contribution is -2.20. The van der Waals surface area contributed by atoms with E-state index in [4.69, 9.17) is 0 Å². The first-order chi connectivity index (χ1) is 15.0. The van der Waals surface area contributed by atoms with Crippen molar-refractivity contribution in [2.75, 3.05) is 13.1 Å². The number of fused-ring (bicyclic) bond motifs is 1. The highest BCUT2D eigenvalue weighted by Crippen LogP contribution is 2.40. The lowest BCUT2D eigenvalue weighted by atomic mass is 10.0. The van der Waals surface area contributed by atoms with Gasteiger partial charge in [-0.1, -0.05) is 79.9 Å². The predicted octanol–water partition coefficient (Wildman–Crippen LogP) is 6.35. The number of benzene rings is 2. The molecule has 0 fully saturated rings. The van der Waals surface area contributed by atoms with Crippen molar-refractivity contribution in [1.29, 1.82) is 0 Å². The zero-order valence-electron chi connectivity index (χ0n) is 18.4. The molecule has 0 spiro atoms. The van der Waals surface area contributed by atoms with Crippen LogP contribution < -0.4 is 5.32 Å². The third kappa shape index (κ3) is 6.52. The highest BCUT2D eigenvalue weighted by molar-refractivity contribution is 8.14. The van der Waals surface area contributed by atoms with E-state index in [2.05, 4.69) is 56.1 Å². The van der Waals surface area contributed by atoms with Gasteiger partial charge in [0.05, 0.1) is 0 Å². The molecule has 0 saturated heterocycles. The molecule has 0 amide bonds. The summed E-state index contributed by atoms with van der Waals surface area (Å²) in [6.07, 6.45) is 6.50. The van der Waals surface area contributed by atoms with Gasteiger partial charge < -0.3 is 10.4 Å². The lowest BCUT2D eigenvalue weighted by molar-refractivity contribution is -0.110. The van der Waals surface area contributed by atoms with E-state index in [0.29, 0.717) is 6.42 Å². The van der Waals surface area contributed by atoms with Gasteiger partial charge in [-0.3, -0.25) is 4.79 Å². The molecule has 1 aliphatic rings. The van der Waals surface area contributed by atoms with Gasteiger partial charge in [0.2, 0.25) is 0 Å². The summed E-state index contributed by atoms with van der Waals surface area (Å²) in [6.45, 7) is 10.2. The Kier molecular flexibility index (Phi) is 8.88. The topological polar surface area (TPSA) is 49.3 Å². The number of carbonyl (C=O) groups excluding carboxylic acids is 1. The Labute approximate surface area is 194 Å². The molecule has 0 bridgehead atoms. The van der Waals surface area contributed by atoms with E-state index < -0.39 is 0 Å². The second-order valence-corrected chi connectivity index (χ2v) is 9.98. The number of nitrogens with one attached hydrogen (secondary N) is 1. The van der Waals surface area contributed by atoms with Crippen LogP contribution in [-0.4, -0.2) is 23.3 Å². The van der Waals surface area contributed by atoms with Crippen LogP contribution in [0, 0.1) is 0 Å². The molecular formula is C26H31NO2S2. The largest absolute Gasteiger partial charge is 0.508 e. The van der Waals surface area contributed by atoms with Gasteiger partial charge >= 0.3 is 0 Å². The second kappa shape index (κ2) is 11.6. The summed E-state index contributed by atoms with van der Waals surface area (Å²) in [5.41, 5.74) is 4.50. The van der Waals surface area contributed by atoms with Crippen LogP contribution in [-0.2, 0) is 24.1 Å². The van der Waals surface area contributed by atoms with Gasteiger partial charge in [0, 0.05) is 21.8 Å². The van der Waals surface area contributed by atoms with Gasteiger partial charge in [-0.15, -0.1) is 0 Å². The zero-order chi connectivity index (χ0) is 22.2.